The molecule has 1 N–H and O–H groups in total. The molecule has 39 heavy (non-hydrogen) atoms. The summed E-state index contributed by atoms with van der Waals surface area (Å²) in [5.41, 5.74) is 2.61. The fraction of sp³-hybridized carbons (Fsp3) is 0.333. The second kappa shape index (κ2) is 13.4. The van der Waals surface area contributed by atoms with Crippen LogP contribution in [-0.2, 0) is 26.2 Å². The first-order chi connectivity index (χ1) is 18.6. The second-order valence-corrected chi connectivity index (χ2v) is 11.3. The normalized spacial score (nSPS) is 12.0. The molecule has 0 saturated carbocycles. The van der Waals surface area contributed by atoms with E-state index < -0.39 is 34.3 Å². The van der Waals surface area contributed by atoms with Gasteiger partial charge in [-0.25, -0.2) is 12.8 Å². The minimum absolute atomic E-state index is 0.0171. The number of aryl methyl sites for hydroxylation is 1. The van der Waals surface area contributed by atoms with E-state index in [9.17, 15) is 22.4 Å². The van der Waals surface area contributed by atoms with E-state index in [1.165, 1.54) is 29.2 Å². The Balaban J connectivity index is 2.08. The lowest BCUT2D eigenvalue weighted by Crippen LogP contribution is -2.52. The van der Waals surface area contributed by atoms with Gasteiger partial charge in [0.1, 0.15) is 18.4 Å². The van der Waals surface area contributed by atoms with Crippen molar-refractivity contribution in [1.82, 2.24) is 10.2 Å². The van der Waals surface area contributed by atoms with E-state index in [0.717, 1.165) is 21.9 Å². The molecular formula is C30H36FN3O4S. The molecule has 208 valence electrons. The van der Waals surface area contributed by atoms with Gasteiger partial charge < -0.3 is 10.2 Å². The number of carbonyl (C=O) groups excluding carboxylic acids is 2. The standard InChI is InChI=1S/C30H36FN3O4S/c1-5-19-32-30(36)27(6-2)33(20-24-15-17-25(31)18-16-24)29(35)21-34(28-14-10-11-22(3)23(28)4)39(37,38)26-12-8-7-9-13-26/h7-18,27H,5-6,19-21H2,1-4H3,(H,32,36). The quantitative estimate of drug-likeness (QED) is 0.343. The van der Waals surface area contributed by atoms with Crippen LogP contribution in [0.15, 0.2) is 77.7 Å². The summed E-state index contributed by atoms with van der Waals surface area (Å²) >= 11 is 0. The van der Waals surface area contributed by atoms with Crippen molar-refractivity contribution in [3.8, 4) is 0 Å². The first-order valence-corrected chi connectivity index (χ1v) is 14.5. The molecule has 3 aromatic carbocycles. The van der Waals surface area contributed by atoms with Crippen LogP contribution in [0.2, 0.25) is 0 Å². The van der Waals surface area contributed by atoms with Gasteiger partial charge in [-0.2, -0.15) is 0 Å². The molecule has 3 rings (SSSR count). The van der Waals surface area contributed by atoms with Crippen molar-refractivity contribution in [2.24, 2.45) is 0 Å². The van der Waals surface area contributed by atoms with Gasteiger partial charge in [0.25, 0.3) is 10.0 Å². The topological polar surface area (TPSA) is 86.8 Å². The van der Waals surface area contributed by atoms with Crippen LogP contribution < -0.4 is 9.62 Å². The van der Waals surface area contributed by atoms with Crippen LogP contribution in [0.4, 0.5) is 10.1 Å². The Hall–Kier alpha value is -3.72. The van der Waals surface area contributed by atoms with E-state index in [1.54, 1.807) is 49.4 Å². The highest BCUT2D eigenvalue weighted by molar-refractivity contribution is 7.92. The lowest BCUT2D eigenvalue weighted by atomic mass is 10.1. The zero-order chi connectivity index (χ0) is 28.6. The molecular weight excluding hydrogens is 517 g/mol. The summed E-state index contributed by atoms with van der Waals surface area (Å²) < 4.78 is 42.5. The number of anilines is 1. The molecule has 0 aliphatic carbocycles. The van der Waals surface area contributed by atoms with Crippen molar-refractivity contribution in [1.29, 1.82) is 0 Å². The maximum Gasteiger partial charge on any atom is 0.264 e. The number of nitrogens with one attached hydrogen (secondary N) is 1. The second-order valence-electron chi connectivity index (χ2n) is 9.41. The molecule has 1 atom stereocenters. The summed E-state index contributed by atoms with van der Waals surface area (Å²) in [6, 6.07) is 18.1. The van der Waals surface area contributed by atoms with Gasteiger partial charge in [-0.3, -0.25) is 13.9 Å². The smallest absolute Gasteiger partial charge is 0.264 e. The Bertz CT molecular complexity index is 1380. The highest BCUT2D eigenvalue weighted by Gasteiger charge is 2.34. The molecule has 0 bridgehead atoms. The van der Waals surface area contributed by atoms with E-state index in [1.807, 2.05) is 26.8 Å². The Kier molecular flexibility index (Phi) is 10.2. The third-order valence-corrected chi connectivity index (χ3v) is 8.43. The minimum atomic E-state index is -4.13. The van der Waals surface area contributed by atoms with Gasteiger partial charge in [0.15, 0.2) is 0 Å². The molecule has 0 aromatic heterocycles. The van der Waals surface area contributed by atoms with Crippen molar-refractivity contribution in [2.45, 2.75) is 58.0 Å². The molecule has 1 unspecified atom stereocenters. The summed E-state index contributed by atoms with van der Waals surface area (Å²) in [6.07, 6.45) is 1.04. The number of benzene rings is 3. The van der Waals surface area contributed by atoms with Crippen LogP contribution >= 0.6 is 0 Å². The van der Waals surface area contributed by atoms with Gasteiger partial charge in [-0.05, 0) is 73.7 Å². The number of halogens is 1. The van der Waals surface area contributed by atoms with Crippen molar-refractivity contribution in [3.63, 3.8) is 0 Å². The van der Waals surface area contributed by atoms with Gasteiger partial charge in [-0.15, -0.1) is 0 Å². The van der Waals surface area contributed by atoms with E-state index >= 15 is 0 Å². The number of carbonyl (C=O) groups is 2. The molecule has 0 spiro atoms. The van der Waals surface area contributed by atoms with Gasteiger partial charge in [0.2, 0.25) is 11.8 Å². The Morgan fingerprint density at radius 1 is 0.923 bits per heavy atom. The third-order valence-electron chi connectivity index (χ3n) is 6.66. The predicted molar refractivity (Wildman–Crippen MR) is 151 cm³/mol. The lowest BCUT2D eigenvalue weighted by Gasteiger charge is -2.33. The predicted octanol–water partition coefficient (Wildman–Crippen LogP) is 4.97. The van der Waals surface area contributed by atoms with E-state index in [-0.39, 0.29) is 17.3 Å². The Morgan fingerprint density at radius 2 is 1.59 bits per heavy atom. The zero-order valence-electron chi connectivity index (χ0n) is 22.9. The summed E-state index contributed by atoms with van der Waals surface area (Å²) in [5.74, 6) is -1.28. The highest BCUT2D eigenvalue weighted by atomic mass is 32.2. The molecule has 0 fully saturated rings. The van der Waals surface area contributed by atoms with Crippen molar-refractivity contribution in [3.05, 3.63) is 95.3 Å². The van der Waals surface area contributed by atoms with Crippen LogP contribution in [-0.4, -0.2) is 44.3 Å². The van der Waals surface area contributed by atoms with Crippen LogP contribution in [0.3, 0.4) is 0 Å². The maximum absolute atomic E-state index is 14.0. The van der Waals surface area contributed by atoms with Crippen molar-refractivity contribution < 1.29 is 22.4 Å². The van der Waals surface area contributed by atoms with Crippen LogP contribution in [0.5, 0.6) is 0 Å². The number of hydrogen-bond acceptors (Lipinski definition) is 4. The molecule has 3 aromatic rings. The molecule has 9 heteroatoms. The molecule has 0 saturated heterocycles. The van der Waals surface area contributed by atoms with Gasteiger partial charge in [0.05, 0.1) is 10.6 Å². The average Bonchev–Trinajstić information content (AvgIpc) is 2.93. The molecule has 7 nitrogen and oxygen atoms in total. The first kappa shape index (κ1) is 29.8. The average molecular weight is 554 g/mol. The highest BCUT2D eigenvalue weighted by Crippen LogP contribution is 2.29. The van der Waals surface area contributed by atoms with Crippen LogP contribution in [0, 0.1) is 19.7 Å². The summed E-state index contributed by atoms with van der Waals surface area (Å²) in [4.78, 5) is 28.6. The fourth-order valence-electron chi connectivity index (χ4n) is 4.31. The lowest BCUT2D eigenvalue weighted by molar-refractivity contribution is -0.140. The number of hydrogen-bond donors (Lipinski definition) is 1. The molecule has 2 amide bonds. The Labute approximate surface area is 230 Å². The van der Waals surface area contributed by atoms with Gasteiger partial charge >= 0.3 is 0 Å². The van der Waals surface area contributed by atoms with E-state index in [4.69, 9.17) is 0 Å². The zero-order valence-corrected chi connectivity index (χ0v) is 23.7. The summed E-state index contributed by atoms with van der Waals surface area (Å²) in [6.45, 7) is 7.36. The molecule has 0 aliphatic rings. The van der Waals surface area contributed by atoms with Gasteiger partial charge in [0, 0.05) is 13.1 Å². The maximum atomic E-state index is 14.0. The van der Waals surface area contributed by atoms with Crippen molar-refractivity contribution in [2.75, 3.05) is 17.4 Å². The number of amides is 2. The Morgan fingerprint density at radius 3 is 2.21 bits per heavy atom. The summed E-state index contributed by atoms with van der Waals surface area (Å²) in [7, 11) is -4.13. The first-order valence-electron chi connectivity index (χ1n) is 13.1. The third kappa shape index (κ3) is 7.23. The fourth-order valence-corrected chi connectivity index (χ4v) is 5.80. The molecule has 0 radical (unpaired) electrons. The minimum Gasteiger partial charge on any atom is -0.354 e. The SMILES string of the molecule is CCCNC(=O)C(CC)N(Cc1ccc(F)cc1)C(=O)CN(c1cccc(C)c1C)S(=O)(=O)c1ccccc1. The largest absolute Gasteiger partial charge is 0.354 e. The molecule has 0 aliphatic heterocycles. The number of nitrogens with zero attached hydrogens (tertiary/aromatic N) is 2. The van der Waals surface area contributed by atoms with Crippen molar-refractivity contribution >= 4 is 27.5 Å². The van der Waals surface area contributed by atoms with E-state index in [0.29, 0.717) is 24.2 Å². The number of sulfonamides is 1. The monoisotopic (exact) mass is 553 g/mol. The molecule has 0 heterocycles. The van der Waals surface area contributed by atoms with E-state index in [2.05, 4.69) is 5.32 Å². The summed E-state index contributed by atoms with van der Waals surface area (Å²) in [5, 5.41) is 2.85. The van der Waals surface area contributed by atoms with Crippen LogP contribution in [0.1, 0.15) is 43.4 Å². The number of rotatable bonds is 12. The van der Waals surface area contributed by atoms with Crippen LogP contribution in [0.25, 0.3) is 0 Å². The van der Waals surface area contributed by atoms with Gasteiger partial charge in [-0.1, -0.05) is 56.3 Å².